The average Bonchev–Trinajstić information content (AvgIpc) is 1.91. The van der Waals surface area contributed by atoms with Gasteiger partial charge in [-0.15, -0.1) is 0 Å². The van der Waals surface area contributed by atoms with E-state index in [0.717, 1.165) is 0 Å². The lowest BCUT2D eigenvalue weighted by atomic mass is 10.3. The van der Waals surface area contributed by atoms with E-state index >= 15 is 0 Å². The fraction of sp³-hybridized carbons (Fsp3) is 1.00. The summed E-state index contributed by atoms with van der Waals surface area (Å²) in [5.74, 6) is 0. The van der Waals surface area contributed by atoms with Crippen molar-refractivity contribution in [2.24, 2.45) is 0 Å². The average molecular weight is 105 g/mol. The van der Waals surface area contributed by atoms with Gasteiger partial charge in [-0.1, -0.05) is 0 Å². The van der Waals surface area contributed by atoms with Crippen molar-refractivity contribution in [3.63, 3.8) is 0 Å². The molecule has 1 saturated heterocycles. The molecule has 42 valence electrons. The fourth-order valence-electron chi connectivity index (χ4n) is 0.633. The van der Waals surface area contributed by atoms with Crippen molar-refractivity contribution in [3.05, 3.63) is 0 Å². The number of nitrogens with one attached hydrogen (secondary N) is 1. The summed E-state index contributed by atoms with van der Waals surface area (Å²) >= 11 is 0. The highest BCUT2D eigenvalue weighted by atomic mass is 19.1. The Morgan fingerprint density at radius 3 is 2.43 bits per heavy atom. The van der Waals surface area contributed by atoms with Gasteiger partial charge in [-0.3, -0.25) is 0 Å². The molecule has 0 aromatic carbocycles. The van der Waals surface area contributed by atoms with Crippen molar-refractivity contribution in [1.29, 1.82) is 0 Å². The van der Waals surface area contributed by atoms with Crippen molar-refractivity contribution in [2.75, 3.05) is 13.1 Å². The summed E-state index contributed by atoms with van der Waals surface area (Å²) in [6, 6.07) is 0. The van der Waals surface area contributed by atoms with E-state index in [4.69, 9.17) is 5.11 Å². The number of aliphatic hydroxyl groups is 1. The Hall–Kier alpha value is -0.150. The molecule has 0 spiro atoms. The maximum Gasteiger partial charge on any atom is 0.139 e. The number of alkyl halides is 1. The van der Waals surface area contributed by atoms with Crippen molar-refractivity contribution >= 4 is 0 Å². The zero-order valence-corrected chi connectivity index (χ0v) is 3.89. The summed E-state index contributed by atoms with van der Waals surface area (Å²) in [7, 11) is 0. The van der Waals surface area contributed by atoms with Crippen LogP contribution in [0.25, 0.3) is 0 Å². The number of hydrogen-bond acceptors (Lipinski definition) is 2. The molecule has 0 aliphatic carbocycles. The maximum absolute atomic E-state index is 12.0. The highest BCUT2D eigenvalue weighted by molar-refractivity contribution is 4.79. The molecule has 0 saturated carbocycles. The van der Waals surface area contributed by atoms with Gasteiger partial charge >= 0.3 is 0 Å². The second-order valence-corrected chi connectivity index (χ2v) is 1.74. The third kappa shape index (κ3) is 0.894. The highest BCUT2D eigenvalue weighted by Crippen LogP contribution is 2.01. The van der Waals surface area contributed by atoms with E-state index in [1.165, 1.54) is 0 Å². The minimum Gasteiger partial charge on any atom is -0.389 e. The summed E-state index contributed by atoms with van der Waals surface area (Å²) in [5, 5.41) is 11.3. The first-order valence-electron chi connectivity index (χ1n) is 2.33. The van der Waals surface area contributed by atoms with Gasteiger partial charge in [-0.2, -0.15) is 0 Å². The summed E-state index contributed by atoms with van der Waals surface area (Å²) in [5.41, 5.74) is 0. The van der Waals surface area contributed by atoms with Crippen LogP contribution in [0.4, 0.5) is 4.39 Å². The van der Waals surface area contributed by atoms with Gasteiger partial charge < -0.3 is 10.4 Å². The van der Waals surface area contributed by atoms with E-state index in [1.807, 2.05) is 0 Å². The molecule has 3 heteroatoms. The molecule has 2 nitrogen and oxygen atoms in total. The van der Waals surface area contributed by atoms with Crippen molar-refractivity contribution in [2.45, 2.75) is 12.3 Å². The molecule has 2 atom stereocenters. The quantitative estimate of drug-likeness (QED) is 0.426. The van der Waals surface area contributed by atoms with Crippen LogP contribution in [-0.2, 0) is 0 Å². The summed E-state index contributed by atoms with van der Waals surface area (Å²) in [4.78, 5) is 0. The Bertz CT molecular complexity index is 60.7. The van der Waals surface area contributed by atoms with E-state index in [1.54, 1.807) is 0 Å². The number of hydrogen-bond donors (Lipinski definition) is 2. The van der Waals surface area contributed by atoms with Crippen LogP contribution in [0.3, 0.4) is 0 Å². The molecule has 1 rings (SSSR count). The van der Waals surface area contributed by atoms with Crippen molar-refractivity contribution in [1.82, 2.24) is 5.32 Å². The monoisotopic (exact) mass is 105 g/mol. The van der Waals surface area contributed by atoms with Crippen LogP contribution in [0.5, 0.6) is 0 Å². The molecule has 0 bridgehead atoms. The van der Waals surface area contributed by atoms with Crippen LogP contribution >= 0.6 is 0 Å². The van der Waals surface area contributed by atoms with Crippen LogP contribution in [-0.4, -0.2) is 30.5 Å². The SMILES string of the molecule is O[C@@H]1CNC[C@H]1F. The second kappa shape index (κ2) is 1.76. The van der Waals surface area contributed by atoms with E-state index in [0.29, 0.717) is 13.1 Å². The summed E-state index contributed by atoms with van der Waals surface area (Å²) < 4.78 is 12.0. The molecular formula is C4H8FNO. The van der Waals surface area contributed by atoms with Crippen LogP contribution in [0, 0.1) is 0 Å². The number of halogens is 1. The molecule has 2 N–H and O–H groups in total. The minimum atomic E-state index is -1.04. The molecule has 0 amide bonds. The first-order chi connectivity index (χ1) is 3.30. The predicted molar refractivity (Wildman–Crippen MR) is 23.8 cm³/mol. The summed E-state index contributed by atoms with van der Waals surface area (Å²) in [6.45, 7) is 0.711. The molecule has 1 fully saturated rings. The number of aliphatic hydroxyl groups excluding tert-OH is 1. The van der Waals surface area contributed by atoms with Crippen LogP contribution in [0.2, 0.25) is 0 Å². The van der Waals surface area contributed by atoms with Gasteiger partial charge in [-0.05, 0) is 0 Å². The lowest BCUT2D eigenvalue weighted by molar-refractivity contribution is 0.118. The zero-order valence-electron chi connectivity index (χ0n) is 3.89. The van der Waals surface area contributed by atoms with Gasteiger partial charge in [0, 0.05) is 13.1 Å². The Morgan fingerprint density at radius 1 is 1.57 bits per heavy atom. The molecule has 0 unspecified atom stereocenters. The Kier molecular flexibility index (Phi) is 1.25. The Balaban J connectivity index is 2.33. The van der Waals surface area contributed by atoms with E-state index in [9.17, 15) is 4.39 Å². The van der Waals surface area contributed by atoms with Crippen molar-refractivity contribution < 1.29 is 9.50 Å². The van der Waals surface area contributed by atoms with E-state index in [-0.39, 0.29) is 0 Å². The topological polar surface area (TPSA) is 32.3 Å². The molecule has 1 aliphatic heterocycles. The minimum absolute atomic E-state index is 0.307. The number of rotatable bonds is 0. The molecular weight excluding hydrogens is 97.0 g/mol. The maximum atomic E-state index is 12.0. The highest BCUT2D eigenvalue weighted by Gasteiger charge is 2.23. The van der Waals surface area contributed by atoms with Crippen LogP contribution in [0.1, 0.15) is 0 Å². The molecule has 7 heavy (non-hydrogen) atoms. The third-order valence-electron chi connectivity index (χ3n) is 1.11. The zero-order chi connectivity index (χ0) is 5.28. The molecule has 1 heterocycles. The second-order valence-electron chi connectivity index (χ2n) is 1.74. The standard InChI is InChI=1S/C4H8FNO/c5-3-1-6-2-4(3)7/h3-4,6-7H,1-2H2/t3-,4-/m1/s1. The molecule has 1 aliphatic rings. The smallest absolute Gasteiger partial charge is 0.139 e. The molecule has 0 radical (unpaired) electrons. The van der Waals surface area contributed by atoms with Crippen molar-refractivity contribution in [3.8, 4) is 0 Å². The third-order valence-corrected chi connectivity index (χ3v) is 1.11. The van der Waals surface area contributed by atoms with Gasteiger partial charge in [0.1, 0.15) is 6.17 Å². The molecule has 0 aromatic rings. The fourth-order valence-corrected chi connectivity index (χ4v) is 0.633. The lowest BCUT2D eigenvalue weighted by Gasteiger charge is -1.98. The Labute approximate surface area is 41.3 Å². The van der Waals surface area contributed by atoms with Gasteiger partial charge in [0.05, 0.1) is 6.10 Å². The largest absolute Gasteiger partial charge is 0.389 e. The predicted octanol–water partition coefficient (Wildman–Crippen LogP) is -0.711. The Morgan fingerprint density at radius 2 is 2.29 bits per heavy atom. The van der Waals surface area contributed by atoms with Gasteiger partial charge in [-0.25, -0.2) is 4.39 Å². The van der Waals surface area contributed by atoms with Gasteiger partial charge in [0.2, 0.25) is 0 Å². The normalized spacial score (nSPS) is 42.0. The van der Waals surface area contributed by atoms with E-state index in [2.05, 4.69) is 5.32 Å². The lowest BCUT2D eigenvalue weighted by Crippen LogP contribution is -2.17. The van der Waals surface area contributed by atoms with Crippen LogP contribution < -0.4 is 5.32 Å². The van der Waals surface area contributed by atoms with Gasteiger partial charge in [0.25, 0.3) is 0 Å². The van der Waals surface area contributed by atoms with Crippen LogP contribution in [0.15, 0.2) is 0 Å². The first-order valence-corrected chi connectivity index (χ1v) is 2.33. The first kappa shape index (κ1) is 5.00. The summed E-state index contributed by atoms with van der Waals surface area (Å²) in [6.07, 6.45) is -1.81. The number of β-amino-alcohol motifs (C(OH)–C–C–N with tert-alkyl or cyclic N) is 1. The van der Waals surface area contributed by atoms with Gasteiger partial charge in [0.15, 0.2) is 0 Å². The van der Waals surface area contributed by atoms with E-state index < -0.39 is 12.3 Å². The molecule has 0 aromatic heterocycles.